The van der Waals surface area contributed by atoms with Crippen molar-refractivity contribution in [2.24, 2.45) is 0 Å². The Morgan fingerprint density at radius 2 is 1.12 bits per heavy atom. The quantitative estimate of drug-likeness (QED) is 0.0773. The lowest BCUT2D eigenvalue weighted by atomic mass is 9.94. The van der Waals surface area contributed by atoms with Crippen LogP contribution in [-0.2, 0) is 41.8 Å². The number of hydrogen-bond donors (Lipinski definition) is 0. The minimum absolute atomic E-state index is 0.0286. The predicted molar refractivity (Wildman–Crippen MR) is 167 cm³/mol. The van der Waals surface area contributed by atoms with Gasteiger partial charge < -0.3 is 23.7 Å². The molecule has 0 radical (unpaired) electrons. The predicted octanol–water partition coefficient (Wildman–Crippen LogP) is 9.89. The highest BCUT2D eigenvalue weighted by atomic mass is 35.5. The van der Waals surface area contributed by atoms with Gasteiger partial charge in [0, 0.05) is 21.2 Å². The molecule has 1 fully saturated rings. The summed E-state index contributed by atoms with van der Waals surface area (Å²) in [5.41, 5.74) is -4.81. The fourth-order valence-corrected chi connectivity index (χ4v) is 4.64. The Kier molecular flexibility index (Phi) is 11.2. The lowest BCUT2D eigenvalue weighted by Crippen LogP contribution is -2.27. The number of halogens is 8. The standard InChI is InChI=1S/C17H12ClF3O4.C17H12ClF3O3/c1-23-15(22)16(9-24-16)13-7-6-12(8-14(13)17(19,20)21)25-11-4-2-10(18)3-5-11;1-10(16(22)23-2)14-8-7-13(9-15(14)17(19,20)21)24-12-5-3-11(18)4-6-12/h2-8H,9H2,1H3;3-9H,1H2,2H3. The third kappa shape index (κ3) is 9.05. The molecule has 0 aliphatic carbocycles. The zero-order valence-corrected chi connectivity index (χ0v) is 26.9. The molecule has 7 nitrogen and oxygen atoms in total. The van der Waals surface area contributed by atoms with Crippen molar-refractivity contribution in [2.45, 2.75) is 18.0 Å². The van der Waals surface area contributed by atoms with E-state index < -0.39 is 41.0 Å². The summed E-state index contributed by atoms with van der Waals surface area (Å²) in [7, 11) is 2.16. The third-order valence-corrected chi connectivity index (χ3v) is 7.34. The second-order valence-electron chi connectivity index (χ2n) is 10.1. The van der Waals surface area contributed by atoms with E-state index in [2.05, 4.69) is 16.1 Å². The van der Waals surface area contributed by atoms with E-state index in [0.717, 1.165) is 38.5 Å². The molecule has 1 unspecified atom stereocenters. The van der Waals surface area contributed by atoms with Crippen LogP contribution in [0.25, 0.3) is 5.57 Å². The van der Waals surface area contributed by atoms with Gasteiger partial charge in [-0.2, -0.15) is 26.3 Å². The lowest BCUT2D eigenvalue weighted by molar-refractivity contribution is -0.149. The van der Waals surface area contributed by atoms with Gasteiger partial charge in [0.25, 0.3) is 0 Å². The Morgan fingerprint density at radius 1 is 0.694 bits per heavy atom. The fraction of sp³-hybridized carbons (Fsp3) is 0.176. The largest absolute Gasteiger partial charge is 0.467 e. The number of alkyl halides is 6. The summed E-state index contributed by atoms with van der Waals surface area (Å²) in [6, 6.07) is 18.9. The first-order valence-corrected chi connectivity index (χ1v) is 14.5. The maximum Gasteiger partial charge on any atom is 0.417 e. The van der Waals surface area contributed by atoms with Gasteiger partial charge in [-0.05, 0) is 78.9 Å². The lowest BCUT2D eigenvalue weighted by Gasteiger charge is -2.18. The van der Waals surface area contributed by atoms with Gasteiger partial charge >= 0.3 is 24.3 Å². The van der Waals surface area contributed by atoms with Gasteiger partial charge in [-0.25, -0.2) is 9.59 Å². The van der Waals surface area contributed by atoms with E-state index in [-0.39, 0.29) is 34.8 Å². The number of carbonyl (C=O) groups is 2. The molecule has 15 heteroatoms. The minimum atomic E-state index is -4.69. The van der Waals surface area contributed by atoms with Crippen LogP contribution in [-0.4, -0.2) is 32.8 Å². The number of hydrogen-bond acceptors (Lipinski definition) is 7. The van der Waals surface area contributed by atoms with Crippen LogP contribution in [0.2, 0.25) is 10.0 Å². The number of epoxide rings is 1. The maximum atomic E-state index is 13.5. The van der Waals surface area contributed by atoms with Gasteiger partial charge in [0.2, 0.25) is 5.60 Å². The van der Waals surface area contributed by atoms with Crippen LogP contribution in [0.3, 0.4) is 0 Å². The summed E-state index contributed by atoms with van der Waals surface area (Å²) in [5, 5.41) is 0.952. The highest BCUT2D eigenvalue weighted by Crippen LogP contribution is 2.47. The highest BCUT2D eigenvalue weighted by molar-refractivity contribution is 6.30. The highest BCUT2D eigenvalue weighted by Gasteiger charge is 2.58. The Hall–Kier alpha value is -4.72. The van der Waals surface area contributed by atoms with E-state index in [1.807, 2.05) is 0 Å². The normalized spacial score (nSPS) is 15.3. The zero-order chi connectivity index (χ0) is 36.1. The van der Waals surface area contributed by atoms with E-state index in [9.17, 15) is 35.9 Å². The number of carbonyl (C=O) groups excluding carboxylic acids is 2. The molecule has 0 spiro atoms. The summed E-state index contributed by atoms with van der Waals surface area (Å²) in [6.45, 7) is 3.20. The van der Waals surface area contributed by atoms with Crippen molar-refractivity contribution in [3.8, 4) is 23.0 Å². The first-order chi connectivity index (χ1) is 23.0. The Labute approximate surface area is 285 Å². The molecule has 49 heavy (non-hydrogen) atoms. The summed E-state index contributed by atoms with van der Waals surface area (Å²) in [5.74, 6) is -1.22. The second-order valence-corrected chi connectivity index (χ2v) is 11.0. The zero-order valence-electron chi connectivity index (χ0n) is 25.4. The Balaban J connectivity index is 0.000000221. The molecule has 1 aliphatic heterocycles. The molecule has 258 valence electrons. The first kappa shape index (κ1) is 37.1. The van der Waals surface area contributed by atoms with Gasteiger partial charge in [-0.3, -0.25) is 0 Å². The SMILES string of the molecule is C=C(C(=O)OC)c1ccc(Oc2ccc(Cl)cc2)cc1C(F)(F)F.COC(=O)C1(c2ccc(Oc3ccc(Cl)cc3)cc2C(F)(F)F)CO1. The van der Waals surface area contributed by atoms with Gasteiger partial charge in [-0.15, -0.1) is 0 Å². The number of esters is 2. The molecule has 1 heterocycles. The molecule has 1 atom stereocenters. The molecular formula is C34H24Cl2F6O7. The van der Waals surface area contributed by atoms with E-state index in [1.54, 1.807) is 24.3 Å². The van der Waals surface area contributed by atoms with E-state index in [0.29, 0.717) is 21.5 Å². The van der Waals surface area contributed by atoms with Crippen LogP contribution in [0, 0.1) is 0 Å². The number of benzene rings is 4. The average Bonchev–Trinajstić information content (AvgIpc) is 3.87. The van der Waals surface area contributed by atoms with Gasteiger partial charge in [0.05, 0.1) is 37.5 Å². The number of ether oxygens (including phenoxy) is 5. The topological polar surface area (TPSA) is 83.6 Å². The van der Waals surface area contributed by atoms with Crippen LogP contribution < -0.4 is 9.47 Å². The van der Waals surface area contributed by atoms with Crippen LogP contribution in [0.4, 0.5) is 26.3 Å². The molecule has 1 saturated heterocycles. The molecule has 0 saturated carbocycles. The maximum absolute atomic E-state index is 13.5. The van der Waals surface area contributed by atoms with Crippen molar-refractivity contribution in [3.63, 3.8) is 0 Å². The van der Waals surface area contributed by atoms with Crippen molar-refractivity contribution >= 4 is 40.7 Å². The van der Waals surface area contributed by atoms with Crippen molar-refractivity contribution in [2.75, 3.05) is 20.8 Å². The van der Waals surface area contributed by atoms with E-state index >= 15 is 0 Å². The second kappa shape index (κ2) is 14.8. The van der Waals surface area contributed by atoms with Crippen molar-refractivity contribution in [3.05, 3.63) is 124 Å². The van der Waals surface area contributed by atoms with Crippen molar-refractivity contribution in [1.29, 1.82) is 0 Å². The third-order valence-electron chi connectivity index (χ3n) is 6.83. The van der Waals surface area contributed by atoms with E-state index in [1.165, 1.54) is 36.4 Å². The van der Waals surface area contributed by atoms with Crippen LogP contribution in [0.15, 0.2) is 91.5 Å². The first-order valence-electron chi connectivity index (χ1n) is 13.8. The summed E-state index contributed by atoms with van der Waals surface area (Å²) < 4.78 is 105. The molecule has 4 aromatic rings. The van der Waals surface area contributed by atoms with Crippen molar-refractivity contribution < 1.29 is 59.6 Å². The molecule has 1 aliphatic rings. The smallest absolute Gasteiger partial charge is 0.417 e. The Morgan fingerprint density at radius 3 is 1.53 bits per heavy atom. The monoisotopic (exact) mass is 728 g/mol. The molecule has 0 N–H and O–H groups in total. The molecule has 5 rings (SSSR count). The van der Waals surface area contributed by atoms with Crippen LogP contribution in [0.5, 0.6) is 23.0 Å². The summed E-state index contributed by atoms with van der Waals surface area (Å²) >= 11 is 11.5. The van der Waals surface area contributed by atoms with Crippen LogP contribution in [0.1, 0.15) is 22.3 Å². The fourth-order valence-electron chi connectivity index (χ4n) is 4.39. The summed E-state index contributed by atoms with van der Waals surface area (Å²) in [6.07, 6.45) is -9.38. The Bertz CT molecular complexity index is 1840. The van der Waals surface area contributed by atoms with Gasteiger partial charge in [0.15, 0.2) is 0 Å². The average molecular weight is 729 g/mol. The molecule has 0 amide bonds. The molecule has 0 bridgehead atoms. The molecular weight excluding hydrogens is 705 g/mol. The minimum Gasteiger partial charge on any atom is -0.467 e. The van der Waals surface area contributed by atoms with Crippen molar-refractivity contribution in [1.82, 2.24) is 0 Å². The molecule has 4 aromatic carbocycles. The summed E-state index contributed by atoms with van der Waals surface area (Å²) in [4.78, 5) is 23.3. The van der Waals surface area contributed by atoms with Crippen LogP contribution >= 0.6 is 23.2 Å². The number of methoxy groups -OCH3 is 2. The van der Waals surface area contributed by atoms with E-state index in [4.69, 9.17) is 37.4 Å². The number of rotatable bonds is 8. The van der Waals surface area contributed by atoms with Gasteiger partial charge in [-0.1, -0.05) is 35.8 Å². The molecule has 0 aromatic heterocycles. The van der Waals surface area contributed by atoms with Gasteiger partial charge in [0.1, 0.15) is 23.0 Å².